The lowest BCUT2D eigenvalue weighted by Gasteiger charge is -2.25. The van der Waals surface area contributed by atoms with Crippen LogP contribution in [0, 0.1) is 24.0 Å². The van der Waals surface area contributed by atoms with E-state index in [4.69, 9.17) is 13.9 Å². The average molecular weight is 658 g/mol. The number of benzene rings is 4. The maximum absolute atomic E-state index is 14.3. The molecule has 0 spiro atoms. The summed E-state index contributed by atoms with van der Waals surface area (Å²) < 4.78 is 46.4. The van der Waals surface area contributed by atoms with Gasteiger partial charge < -0.3 is 23.8 Å². The molecule has 12 heteroatoms. The molecule has 5 rings (SSSR count). The molecule has 244 valence electrons. The number of nitro benzene ring substituents is 1. The molecule has 0 saturated heterocycles. The number of rotatable bonds is 14. The second-order valence-corrected chi connectivity index (χ2v) is 12.7. The van der Waals surface area contributed by atoms with E-state index in [9.17, 15) is 28.4 Å². The van der Waals surface area contributed by atoms with Gasteiger partial charge in [-0.2, -0.15) is 0 Å². The predicted octanol–water partition coefficient (Wildman–Crippen LogP) is 5.73. The van der Waals surface area contributed by atoms with Crippen molar-refractivity contribution in [3.63, 3.8) is 0 Å². The van der Waals surface area contributed by atoms with Crippen molar-refractivity contribution in [1.82, 2.24) is 0 Å². The highest BCUT2D eigenvalue weighted by Gasteiger charge is 2.32. The molecule has 0 N–H and O–H groups in total. The van der Waals surface area contributed by atoms with E-state index in [1.807, 2.05) is 51.1 Å². The summed E-state index contributed by atoms with van der Waals surface area (Å²) in [6.07, 6.45) is 0.908. The SMILES string of the molecule is CCOCCOc1cc(C)c(-c2cccc(CN(c3ccc4c(CC(=O)[O-])coc4c3)S(=O)(=O)c3ccccc3[N+](=O)[O-])c2)c(C)c1. The lowest BCUT2D eigenvalue weighted by atomic mass is 9.94. The van der Waals surface area contributed by atoms with Crippen molar-refractivity contribution in [3.05, 3.63) is 117 Å². The van der Waals surface area contributed by atoms with Gasteiger partial charge in [0.15, 0.2) is 4.90 Å². The Labute approximate surface area is 272 Å². The zero-order valence-corrected chi connectivity index (χ0v) is 26.9. The van der Waals surface area contributed by atoms with Crippen molar-refractivity contribution in [2.45, 2.75) is 38.6 Å². The van der Waals surface area contributed by atoms with Crippen molar-refractivity contribution in [3.8, 4) is 16.9 Å². The van der Waals surface area contributed by atoms with Crippen LogP contribution >= 0.6 is 0 Å². The van der Waals surface area contributed by atoms with Crippen molar-refractivity contribution in [2.24, 2.45) is 0 Å². The summed E-state index contributed by atoms with van der Waals surface area (Å²) in [6, 6.07) is 21.0. The fourth-order valence-electron chi connectivity index (χ4n) is 5.60. The number of anilines is 1. The summed E-state index contributed by atoms with van der Waals surface area (Å²) in [4.78, 5) is 21.9. The molecule has 5 aromatic rings. The average Bonchev–Trinajstić information content (AvgIpc) is 3.43. The van der Waals surface area contributed by atoms with E-state index in [1.165, 1.54) is 36.6 Å². The molecule has 0 atom stereocenters. The van der Waals surface area contributed by atoms with Gasteiger partial charge in [-0.3, -0.25) is 14.4 Å². The van der Waals surface area contributed by atoms with Gasteiger partial charge in [0, 0.05) is 42.1 Å². The van der Waals surface area contributed by atoms with Crippen LogP contribution in [-0.4, -0.2) is 39.1 Å². The van der Waals surface area contributed by atoms with Gasteiger partial charge in [0.05, 0.1) is 30.0 Å². The Bertz CT molecular complexity index is 2030. The van der Waals surface area contributed by atoms with Crippen molar-refractivity contribution in [2.75, 3.05) is 24.1 Å². The summed E-state index contributed by atoms with van der Waals surface area (Å²) in [5, 5.41) is 23.6. The summed E-state index contributed by atoms with van der Waals surface area (Å²) in [6.45, 7) is 7.22. The maximum atomic E-state index is 14.3. The molecule has 0 fully saturated rings. The molecule has 4 aromatic carbocycles. The molecule has 11 nitrogen and oxygen atoms in total. The molecule has 1 heterocycles. The number of para-hydroxylation sites is 1. The Morgan fingerprint density at radius 2 is 1.70 bits per heavy atom. The number of hydrogen-bond acceptors (Lipinski definition) is 9. The highest BCUT2D eigenvalue weighted by atomic mass is 32.2. The Balaban J connectivity index is 1.56. The Morgan fingerprint density at radius 1 is 0.957 bits per heavy atom. The molecule has 1 aromatic heterocycles. The molecular weight excluding hydrogens is 624 g/mol. The van der Waals surface area contributed by atoms with E-state index in [0.29, 0.717) is 36.3 Å². The van der Waals surface area contributed by atoms with Gasteiger partial charge in [-0.1, -0.05) is 30.3 Å². The molecule has 0 aliphatic carbocycles. The highest BCUT2D eigenvalue weighted by molar-refractivity contribution is 7.93. The minimum atomic E-state index is -4.50. The molecule has 0 unspecified atom stereocenters. The standard InChI is InChI=1S/C35H34N2O9S/c1-4-44-14-15-45-29-16-23(2)35(24(3)17-29)26-9-7-8-25(18-26)21-36(47(42,43)33-11-6-5-10-31(33)37(40)41)28-12-13-30-27(19-34(38)39)22-46-32(30)20-28/h5-13,16-18,20,22H,4,14-15,19,21H2,1-3H3,(H,38,39)/p-1. The minimum Gasteiger partial charge on any atom is -0.550 e. The fraction of sp³-hybridized carbons (Fsp3) is 0.229. The summed E-state index contributed by atoms with van der Waals surface area (Å²) >= 11 is 0. The third-order valence-electron chi connectivity index (χ3n) is 7.64. The van der Waals surface area contributed by atoms with Crippen LogP contribution in [0.2, 0.25) is 0 Å². The Kier molecular flexibility index (Phi) is 9.92. The van der Waals surface area contributed by atoms with Gasteiger partial charge in [-0.05, 0) is 85.0 Å². The van der Waals surface area contributed by atoms with E-state index >= 15 is 0 Å². The van der Waals surface area contributed by atoms with Crippen LogP contribution in [0.1, 0.15) is 29.2 Å². The number of nitrogens with zero attached hydrogens (tertiary/aromatic N) is 2. The van der Waals surface area contributed by atoms with Crippen LogP contribution in [-0.2, 0) is 32.5 Å². The van der Waals surface area contributed by atoms with Gasteiger partial charge in [-0.15, -0.1) is 0 Å². The highest BCUT2D eigenvalue weighted by Crippen LogP contribution is 2.36. The normalized spacial score (nSPS) is 11.5. The number of fused-ring (bicyclic) bond motifs is 1. The molecule has 0 amide bonds. The third-order valence-corrected chi connectivity index (χ3v) is 9.46. The Morgan fingerprint density at radius 3 is 2.40 bits per heavy atom. The van der Waals surface area contributed by atoms with Gasteiger partial charge in [0.2, 0.25) is 0 Å². The summed E-state index contributed by atoms with van der Waals surface area (Å²) in [5.74, 6) is -0.566. The number of aryl methyl sites for hydroxylation is 2. The third kappa shape index (κ3) is 7.29. The van der Waals surface area contributed by atoms with Crippen LogP contribution in [0.25, 0.3) is 22.1 Å². The molecule has 0 saturated carbocycles. The zero-order chi connectivity index (χ0) is 33.7. The topological polar surface area (TPSA) is 152 Å². The summed E-state index contributed by atoms with van der Waals surface area (Å²) in [5.41, 5.74) is 4.63. The number of carboxylic acids is 1. The number of hydrogen-bond donors (Lipinski definition) is 0. The largest absolute Gasteiger partial charge is 0.550 e. The van der Waals surface area contributed by atoms with E-state index in [1.54, 1.807) is 12.1 Å². The monoisotopic (exact) mass is 657 g/mol. The first-order valence-electron chi connectivity index (χ1n) is 14.9. The van der Waals surface area contributed by atoms with Gasteiger partial charge in [0.1, 0.15) is 17.9 Å². The number of carboxylic acid groups (broad SMARTS) is 1. The Hall–Kier alpha value is -5.20. The predicted molar refractivity (Wildman–Crippen MR) is 175 cm³/mol. The van der Waals surface area contributed by atoms with Gasteiger partial charge in [0.25, 0.3) is 15.7 Å². The molecular formula is C35H33N2O9S-. The lowest BCUT2D eigenvalue weighted by molar-refractivity contribution is -0.387. The second-order valence-electron chi connectivity index (χ2n) is 10.9. The van der Waals surface area contributed by atoms with Crippen LogP contribution < -0.4 is 14.1 Å². The first kappa shape index (κ1) is 33.2. The molecule has 0 radical (unpaired) electrons. The number of aliphatic carboxylic acids is 1. The molecule has 0 aliphatic rings. The first-order valence-corrected chi connectivity index (χ1v) is 16.3. The van der Waals surface area contributed by atoms with Crippen molar-refractivity contribution in [1.29, 1.82) is 0 Å². The zero-order valence-electron chi connectivity index (χ0n) is 26.1. The van der Waals surface area contributed by atoms with Crippen LogP contribution in [0.3, 0.4) is 0 Å². The first-order chi connectivity index (χ1) is 22.5. The number of sulfonamides is 1. The lowest BCUT2D eigenvalue weighted by Crippen LogP contribution is -2.31. The fourth-order valence-corrected chi connectivity index (χ4v) is 7.20. The quantitative estimate of drug-likeness (QED) is 0.0828. The van der Waals surface area contributed by atoms with Crippen LogP contribution in [0.15, 0.2) is 94.4 Å². The number of nitro groups is 1. The van der Waals surface area contributed by atoms with Crippen LogP contribution in [0.5, 0.6) is 5.75 Å². The smallest absolute Gasteiger partial charge is 0.289 e. The van der Waals surface area contributed by atoms with Crippen molar-refractivity contribution >= 4 is 38.3 Å². The summed E-state index contributed by atoms with van der Waals surface area (Å²) in [7, 11) is -4.50. The number of carbonyl (C=O) groups excluding carboxylic acids is 1. The molecule has 0 aliphatic heterocycles. The second kappa shape index (κ2) is 14.1. The number of carbonyl (C=O) groups is 1. The molecule has 47 heavy (non-hydrogen) atoms. The number of furan rings is 1. The van der Waals surface area contributed by atoms with E-state index in [0.717, 1.165) is 38.4 Å². The van der Waals surface area contributed by atoms with E-state index < -0.39 is 31.5 Å². The minimum absolute atomic E-state index is 0.170. The van der Waals surface area contributed by atoms with Crippen molar-refractivity contribution < 1.29 is 37.1 Å². The van der Waals surface area contributed by atoms with Gasteiger partial charge >= 0.3 is 0 Å². The molecule has 0 bridgehead atoms. The van der Waals surface area contributed by atoms with Gasteiger partial charge in [-0.25, -0.2) is 8.42 Å². The maximum Gasteiger partial charge on any atom is 0.289 e. The van der Waals surface area contributed by atoms with E-state index in [2.05, 4.69) is 0 Å². The van der Waals surface area contributed by atoms with E-state index in [-0.39, 0.29) is 24.2 Å². The number of ether oxygens (including phenoxy) is 2. The van der Waals surface area contributed by atoms with Crippen LogP contribution in [0.4, 0.5) is 11.4 Å².